The Bertz CT molecular complexity index is 378. The van der Waals surface area contributed by atoms with Gasteiger partial charge in [-0.25, -0.2) is 4.98 Å². The Hall–Kier alpha value is -1.62. The van der Waals surface area contributed by atoms with Crippen LogP contribution in [0, 0.1) is 6.92 Å². The summed E-state index contributed by atoms with van der Waals surface area (Å²) in [7, 11) is 3.78. The lowest BCUT2D eigenvalue weighted by molar-refractivity contribution is 0.1000. The lowest BCUT2D eigenvalue weighted by atomic mass is 10.1. The van der Waals surface area contributed by atoms with Crippen LogP contribution in [0.4, 0.5) is 5.82 Å². The van der Waals surface area contributed by atoms with E-state index in [1.165, 1.54) is 0 Å². The molecule has 0 atom stereocenters. The number of nitrogens with one attached hydrogen (secondary N) is 1. The van der Waals surface area contributed by atoms with Crippen LogP contribution in [0.15, 0.2) is 12.3 Å². The molecule has 88 valence electrons. The zero-order valence-electron chi connectivity index (χ0n) is 9.95. The highest BCUT2D eigenvalue weighted by atomic mass is 16.1. The summed E-state index contributed by atoms with van der Waals surface area (Å²) in [6.07, 6.45) is 1.69. The molecule has 5 heteroatoms. The van der Waals surface area contributed by atoms with Crippen molar-refractivity contribution in [3.63, 3.8) is 0 Å². The molecule has 0 fully saturated rings. The van der Waals surface area contributed by atoms with Gasteiger partial charge in [0.1, 0.15) is 5.82 Å². The predicted octanol–water partition coefficient (Wildman–Crippen LogP) is 0.145. The number of aromatic nitrogens is 1. The number of hydrogen-bond donors (Lipinski definition) is 2. The van der Waals surface area contributed by atoms with Crippen LogP contribution in [0.5, 0.6) is 0 Å². The number of nitrogens with two attached hydrogens (primary N) is 1. The van der Waals surface area contributed by atoms with Crippen molar-refractivity contribution in [2.24, 2.45) is 5.73 Å². The standard InChI is InChI=1S/C11H18N4O/c1-8-4-5-14-11(9(8)10(12)16)15(3)7-6-13-2/h4-5,13H,6-7H2,1-3H3,(H2,12,16). The predicted molar refractivity (Wildman–Crippen MR) is 64.7 cm³/mol. The maximum Gasteiger partial charge on any atom is 0.252 e. The first kappa shape index (κ1) is 12.4. The number of aryl methyl sites for hydroxylation is 1. The van der Waals surface area contributed by atoms with Crippen LogP contribution in [0.1, 0.15) is 15.9 Å². The largest absolute Gasteiger partial charge is 0.365 e. The van der Waals surface area contributed by atoms with Crippen molar-refractivity contribution in [1.29, 1.82) is 0 Å². The first-order chi connectivity index (χ1) is 7.57. The van der Waals surface area contributed by atoms with Gasteiger partial charge >= 0.3 is 0 Å². The molecule has 0 aromatic carbocycles. The molecule has 0 unspecified atom stereocenters. The minimum absolute atomic E-state index is 0.433. The molecule has 0 aliphatic carbocycles. The Labute approximate surface area is 95.7 Å². The van der Waals surface area contributed by atoms with Crippen molar-refractivity contribution >= 4 is 11.7 Å². The van der Waals surface area contributed by atoms with Gasteiger partial charge in [-0.05, 0) is 25.6 Å². The summed E-state index contributed by atoms with van der Waals surface area (Å²) in [5.41, 5.74) is 6.72. The summed E-state index contributed by atoms with van der Waals surface area (Å²) in [6, 6.07) is 1.79. The summed E-state index contributed by atoms with van der Waals surface area (Å²) in [6.45, 7) is 3.45. The summed E-state index contributed by atoms with van der Waals surface area (Å²) in [5, 5.41) is 3.05. The van der Waals surface area contributed by atoms with Crippen molar-refractivity contribution in [3.8, 4) is 0 Å². The number of nitrogens with zero attached hydrogens (tertiary/aromatic N) is 2. The van der Waals surface area contributed by atoms with Gasteiger partial charge in [-0.1, -0.05) is 0 Å². The molecule has 0 saturated heterocycles. The molecular weight excluding hydrogens is 204 g/mol. The van der Waals surface area contributed by atoms with E-state index in [9.17, 15) is 4.79 Å². The van der Waals surface area contributed by atoms with Gasteiger partial charge in [0, 0.05) is 26.3 Å². The van der Waals surface area contributed by atoms with E-state index < -0.39 is 5.91 Å². The second kappa shape index (κ2) is 5.46. The van der Waals surface area contributed by atoms with Gasteiger partial charge in [0.2, 0.25) is 0 Å². The third kappa shape index (κ3) is 2.70. The van der Waals surface area contributed by atoms with Crippen LogP contribution in [-0.2, 0) is 0 Å². The van der Waals surface area contributed by atoms with Crippen LogP contribution < -0.4 is 16.0 Å². The first-order valence-corrected chi connectivity index (χ1v) is 5.19. The first-order valence-electron chi connectivity index (χ1n) is 5.19. The van der Waals surface area contributed by atoms with Crippen molar-refractivity contribution in [3.05, 3.63) is 23.4 Å². The number of rotatable bonds is 5. The zero-order valence-corrected chi connectivity index (χ0v) is 9.95. The molecule has 0 spiro atoms. The second-order valence-corrected chi connectivity index (χ2v) is 3.72. The highest BCUT2D eigenvalue weighted by Crippen LogP contribution is 2.18. The van der Waals surface area contributed by atoms with Crippen LogP contribution in [0.3, 0.4) is 0 Å². The Morgan fingerprint density at radius 2 is 2.31 bits per heavy atom. The minimum Gasteiger partial charge on any atom is -0.365 e. The van der Waals surface area contributed by atoms with E-state index in [1.807, 2.05) is 25.9 Å². The number of amides is 1. The van der Waals surface area contributed by atoms with Gasteiger partial charge in [0.15, 0.2) is 0 Å². The molecule has 0 radical (unpaired) electrons. The monoisotopic (exact) mass is 222 g/mol. The number of likely N-dealkylation sites (N-methyl/N-ethyl adjacent to an activating group) is 2. The maximum atomic E-state index is 11.4. The Balaban J connectivity index is 3.02. The van der Waals surface area contributed by atoms with E-state index in [4.69, 9.17) is 5.73 Å². The molecule has 0 aliphatic rings. The minimum atomic E-state index is -0.433. The molecule has 0 bridgehead atoms. The van der Waals surface area contributed by atoms with Gasteiger partial charge < -0.3 is 16.0 Å². The van der Waals surface area contributed by atoms with Crippen molar-refractivity contribution in [2.45, 2.75) is 6.92 Å². The molecule has 1 heterocycles. The van der Waals surface area contributed by atoms with Crippen LogP contribution in [-0.4, -0.2) is 38.1 Å². The topological polar surface area (TPSA) is 71.2 Å². The van der Waals surface area contributed by atoms with Crippen LogP contribution in [0.2, 0.25) is 0 Å². The van der Waals surface area contributed by atoms with E-state index in [-0.39, 0.29) is 0 Å². The van der Waals surface area contributed by atoms with Crippen molar-refractivity contribution in [1.82, 2.24) is 10.3 Å². The van der Waals surface area contributed by atoms with Gasteiger partial charge in [0.05, 0.1) is 5.56 Å². The lowest BCUT2D eigenvalue weighted by Crippen LogP contribution is -2.30. The number of pyridine rings is 1. The quantitative estimate of drug-likeness (QED) is 0.743. The molecule has 5 nitrogen and oxygen atoms in total. The fourth-order valence-corrected chi connectivity index (χ4v) is 1.52. The summed E-state index contributed by atoms with van der Waals surface area (Å²) in [4.78, 5) is 17.5. The molecular formula is C11H18N4O. The summed E-state index contributed by atoms with van der Waals surface area (Å²) >= 11 is 0. The number of primary amides is 1. The van der Waals surface area contributed by atoms with Crippen LogP contribution in [0.25, 0.3) is 0 Å². The zero-order chi connectivity index (χ0) is 12.1. The third-order valence-corrected chi connectivity index (χ3v) is 2.44. The molecule has 16 heavy (non-hydrogen) atoms. The smallest absolute Gasteiger partial charge is 0.252 e. The second-order valence-electron chi connectivity index (χ2n) is 3.72. The lowest BCUT2D eigenvalue weighted by Gasteiger charge is -2.20. The highest BCUT2D eigenvalue weighted by Gasteiger charge is 2.15. The highest BCUT2D eigenvalue weighted by molar-refractivity contribution is 5.99. The molecule has 1 aromatic heterocycles. The fraction of sp³-hybridized carbons (Fsp3) is 0.455. The molecule has 3 N–H and O–H groups in total. The van der Waals surface area contributed by atoms with E-state index in [2.05, 4.69) is 10.3 Å². The number of anilines is 1. The number of carbonyl (C=O) groups excluding carboxylic acids is 1. The fourth-order valence-electron chi connectivity index (χ4n) is 1.52. The van der Waals surface area contributed by atoms with E-state index in [1.54, 1.807) is 12.3 Å². The average molecular weight is 222 g/mol. The number of hydrogen-bond acceptors (Lipinski definition) is 4. The average Bonchev–Trinajstić information content (AvgIpc) is 2.24. The Morgan fingerprint density at radius 3 is 2.88 bits per heavy atom. The molecule has 1 rings (SSSR count). The SMILES string of the molecule is CNCCN(C)c1nccc(C)c1C(N)=O. The van der Waals surface area contributed by atoms with Crippen molar-refractivity contribution in [2.75, 3.05) is 32.1 Å². The van der Waals surface area contributed by atoms with E-state index in [0.29, 0.717) is 11.4 Å². The van der Waals surface area contributed by atoms with Crippen LogP contribution >= 0.6 is 0 Å². The van der Waals surface area contributed by atoms with E-state index >= 15 is 0 Å². The normalized spacial score (nSPS) is 10.2. The molecule has 1 amide bonds. The molecule has 0 aliphatic heterocycles. The van der Waals surface area contributed by atoms with Crippen molar-refractivity contribution < 1.29 is 4.79 Å². The van der Waals surface area contributed by atoms with Gasteiger partial charge in [-0.3, -0.25) is 4.79 Å². The summed E-state index contributed by atoms with van der Waals surface area (Å²) < 4.78 is 0. The third-order valence-electron chi connectivity index (χ3n) is 2.44. The molecule has 1 aromatic rings. The Kier molecular flexibility index (Phi) is 4.25. The maximum absolute atomic E-state index is 11.4. The molecule has 0 saturated carbocycles. The number of carbonyl (C=O) groups is 1. The summed E-state index contributed by atoms with van der Waals surface area (Å²) in [5.74, 6) is 0.208. The van der Waals surface area contributed by atoms with Gasteiger partial charge in [-0.2, -0.15) is 0 Å². The Morgan fingerprint density at radius 1 is 1.62 bits per heavy atom. The van der Waals surface area contributed by atoms with Gasteiger partial charge in [0.25, 0.3) is 5.91 Å². The van der Waals surface area contributed by atoms with Gasteiger partial charge in [-0.15, -0.1) is 0 Å². The van der Waals surface area contributed by atoms with E-state index in [0.717, 1.165) is 18.7 Å².